The van der Waals surface area contributed by atoms with E-state index in [9.17, 15) is 14.4 Å². The fourth-order valence-electron chi connectivity index (χ4n) is 4.73. The molecule has 198 valence electrons. The van der Waals surface area contributed by atoms with E-state index in [-0.39, 0.29) is 0 Å². The van der Waals surface area contributed by atoms with Crippen LogP contribution in [-0.2, 0) is 0 Å². The van der Waals surface area contributed by atoms with Gasteiger partial charge in [0, 0.05) is 23.5 Å². The Hall–Kier alpha value is -4.42. The molecule has 1 aromatic carbocycles. The Kier molecular flexibility index (Phi) is 7.75. The van der Waals surface area contributed by atoms with Crippen molar-refractivity contribution < 1.29 is 9.13 Å². The van der Waals surface area contributed by atoms with Crippen molar-refractivity contribution in [3.8, 4) is 34.5 Å². The number of ether oxygens (including phenoxy) is 1. The van der Waals surface area contributed by atoms with Gasteiger partial charge in [0.25, 0.3) is 5.56 Å². The SMILES string of the molecule is C[C@H](c1cccc(-c2ncc(OCC3CCN(C)CC3)cn2)c1)n1cc(-c2cc(C#N)ccn2)cc(F)c1=O. The predicted molar refractivity (Wildman–Crippen MR) is 146 cm³/mol. The lowest BCUT2D eigenvalue weighted by Crippen LogP contribution is -2.32. The van der Waals surface area contributed by atoms with Crippen molar-refractivity contribution in [3.05, 3.63) is 94.5 Å². The van der Waals surface area contributed by atoms with E-state index in [4.69, 9.17) is 4.74 Å². The van der Waals surface area contributed by atoms with Crippen LogP contribution < -0.4 is 10.3 Å². The van der Waals surface area contributed by atoms with E-state index in [1.807, 2.05) is 31.2 Å². The van der Waals surface area contributed by atoms with Gasteiger partial charge in [-0.2, -0.15) is 5.26 Å². The van der Waals surface area contributed by atoms with Crippen molar-refractivity contribution in [1.29, 1.82) is 5.26 Å². The van der Waals surface area contributed by atoms with Gasteiger partial charge in [-0.05, 0) is 75.6 Å². The molecule has 0 unspecified atom stereocenters. The van der Waals surface area contributed by atoms with Crippen molar-refractivity contribution in [2.45, 2.75) is 25.8 Å². The van der Waals surface area contributed by atoms with E-state index in [0.29, 0.717) is 40.9 Å². The molecule has 5 rings (SSSR count). The molecule has 0 saturated carbocycles. The quantitative estimate of drug-likeness (QED) is 0.345. The zero-order valence-corrected chi connectivity index (χ0v) is 21.9. The Morgan fingerprint density at radius 2 is 1.87 bits per heavy atom. The molecule has 0 aliphatic carbocycles. The summed E-state index contributed by atoms with van der Waals surface area (Å²) < 4.78 is 22.0. The zero-order chi connectivity index (χ0) is 27.4. The van der Waals surface area contributed by atoms with Gasteiger partial charge in [0.05, 0.1) is 42.4 Å². The lowest BCUT2D eigenvalue weighted by molar-refractivity contribution is 0.159. The van der Waals surface area contributed by atoms with Gasteiger partial charge in [-0.15, -0.1) is 0 Å². The van der Waals surface area contributed by atoms with Crippen molar-refractivity contribution in [2.24, 2.45) is 5.92 Å². The summed E-state index contributed by atoms with van der Waals surface area (Å²) in [5.74, 6) is 0.811. The first-order chi connectivity index (χ1) is 18.9. The van der Waals surface area contributed by atoms with Crippen LogP contribution in [-0.4, -0.2) is 51.2 Å². The highest BCUT2D eigenvalue weighted by molar-refractivity contribution is 5.60. The third-order valence-corrected chi connectivity index (χ3v) is 7.18. The predicted octanol–water partition coefficient (Wildman–Crippen LogP) is 4.71. The van der Waals surface area contributed by atoms with Gasteiger partial charge in [-0.1, -0.05) is 18.2 Å². The van der Waals surface area contributed by atoms with Crippen LogP contribution >= 0.6 is 0 Å². The first-order valence-electron chi connectivity index (χ1n) is 12.9. The number of piperidine rings is 1. The Labute approximate surface area is 226 Å². The molecule has 1 saturated heterocycles. The number of pyridine rings is 2. The summed E-state index contributed by atoms with van der Waals surface area (Å²) in [5, 5.41) is 9.20. The molecule has 4 aromatic rings. The van der Waals surface area contributed by atoms with Gasteiger partial charge in [-0.25, -0.2) is 14.4 Å². The fraction of sp³-hybridized carbons (Fsp3) is 0.300. The average molecular weight is 525 g/mol. The molecule has 0 spiro atoms. The number of likely N-dealkylation sites (tertiary alicyclic amines) is 1. The molecule has 9 heteroatoms. The Morgan fingerprint density at radius 3 is 2.62 bits per heavy atom. The first-order valence-corrected chi connectivity index (χ1v) is 12.9. The second-order valence-corrected chi connectivity index (χ2v) is 9.93. The summed E-state index contributed by atoms with van der Waals surface area (Å²) in [6.45, 7) is 4.66. The van der Waals surface area contributed by atoms with Crippen LogP contribution in [0.1, 0.15) is 36.9 Å². The lowest BCUT2D eigenvalue weighted by Gasteiger charge is -2.28. The van der Waals surface area contributed by atoms with Crippen LogP contribution in [0.3, 0.4) is 0 Å². The second kappa shape index (κ2) is 11.5. The number of hydrogen-bond acceptors (Lipinski definition) is 7. The molecule has 0 radical (unpaired) electrons. The molecule has 1 fully saturated rings. The highest BCUT2D eigenvalue weighted by atomic mass is 19.1. The Bertz CT molecular complexity index is 1560. The van der Waals surface area contributed by atoms with E-state index in [0.717, 1.165) is 43.1 Å². The van der Waals surface area contributed by atoms with Crippen LogP contribution in [0, 0.1) is 23.1 Å². The molecule has 0 bridgehead atoms. The number of rotatable bonds is 7. The minimum Gasteiger partial charge on any atom is -0.490 e. The molecule has 1 aliphatic rings. The molecule has 1 atom stereocenters. The van der Waals surface area contributed by atoms with E-state index in [2.05, 4.69) is 33.0 Å². The largest absolute Gasteiger partial charge is 0.490 e. The van der Waals surface area contributed by atoms with Gasteiger partial charge < -0.3 is 14.2 Å². The third kappa shape index (κ3) is 6.02. The number of aromatic nitrogens is 4. The maximum atomic E-state index is 14.7. The van der Waals surface area contributed by atoms with E-state index in [1.54, 1.807) is 30.7 Å². The van der Waals surface area contributed by atoms with E-state index >= 15 is 0 Å². The van der Waals surface area contributed by atoms with Crippen LogP contribution in [0.2, 0.25) is 0 Å². The summed E-state index contributed by atoms with van der Waals surface area (Å²) in [6.07, 6.45) is 8.66. The number of benzene rings is 1. The molecule has 1 aliphatic heterocycles. The van der Waals surface area contributed by atoms with Gasteiger partial charge in [0.15, 0.2) is 17.4 Å². The molecule has 8 nitrogen and oxygen atoms in total. The zero-order valence-electron chi connectivity index (χ0n) is 21.9. The monoisotopic (exact) mass is 524 g/mol. The van der Waals surface area contributed by atoms with E-state index in [1.165, 1.54) is 10.8 Å². The smallest absolute Gasteiger partial charge is 0.287 e. The van der Waals surface area contributed by atoms with Gasteiger partial charge in [0.1, 0.15) is 0 Å². The average Bonchev–Trinajstić information content (AvgIpc) is 2.98. The lowest BCUT2D eigenvalue weighted by atomic mass is 9.98. The first kappa shape index (κ1) is 26.2. The summed E-state index contributed by atoms with van der Waals surface area (Å²) in [5.41, 5.74) is 2.04. The van der Waals surface area contributed by atoms with Crippen LogP contribution in [0.15, 0.2) is 72.0 Å². The minimum atomic E-state index is -0.890. The number of halogens is 1. The minimum absolute atomic E-state index is 0.400. The summed E-state index contributed by atoms with van der Waals surface area (Å²) in [7, 11) is 2.14. The molecule has 3 aromatic heterocycles. The number of nitrogens with zero attached hydrogens (tertiary/aromatic N) is 6. The molecular formula is C30H29FN6O2. The second-order valence-electron chi connectivity index (χ2n) is 9.93. The molecule has 0 N–H and O–H groups in total. The highest BCUT2D eigenvalue weighted by Gasteiger charge is 2.18. The van der Waals surface area contributed by atoms with Crippen molar-refractivity contribution in [1.82, 2.24) is 24.4 Å². The number of nitriles is 1. The maximum absolute atomic E-state index is 14.7. The fourth-order valence-corrected chi connectivity index (χ4v) is 4.73. The molecular weight excluding hydrogens is 495 g/mol. The highest BCUT2D eigenvalue weighted by Crippen LogP contribution is 2.26. The number of hydrogen-bond donors (Lipinski definition) is 0. The summed E-state index contributed by atoms with van der Waals surface area (Å²) in [6, 6.07) is 13.4. The van der Waals surface area contributed by atoms with Gasteiger partial charge in [0.2, 0.25) is 0 Å². The van der Waals surface area contributed by atoms with Gasteiger partial charge in [-0.3, -0.25) is 9.78 Å². The molecule has 39 heavy (non-hydrogen) atoms. The van der Waals surface area contributed by atoms with E-state index < -0.39 is 17.4 Å². The third-order valence-electron chi connectivity index (χ3n) is 7.18. The Morgan fingerprint density at radius 1 is 1.10 bits per heavy atom. The summed E-state index contributed by atoms with van der Waals surface area (Å²) in [4.78, 5) is 28.3. The molecule has 0 amide bonds. The van der Waals surface area contributed by atoms with Crippen molar-refractivity contribution in [2.75, 3.05) is 26.7 Å². The van der Waals surface area contributed by atoms with Crippen molar-refractivity contribution in [3.63, 3.8) is 0 Å². The normalized spacial score (nSPS) is 15.0. The van der Waals surface area contributed by atoms with Crippen LogP contribution in [0.25, 0.3) is 22.6 Å². The van der Waals surface area contributed by atoms with Gasteiger partial charge >= 0.3 is 0 Å². The van der Waals surface area contributed by atoms with Crippen LogP contribution in [0.4, 0.5) is 4.39 Å². The molecule has 4 heterocycles. The Balaban J connectivity index is 1.35. The summed E-state index contributed by atoms with van der Waals surface area (Å²) >= 11 is 0. The van der Waals surface area contributed by atoms with Crippen LogP contribution in [0.5, 0.6) is 5.75 Å². The maximum Gasteiger partial charge on any atom is 0.287 e. The topological polar surface area (TPSA) is 96.9 Å². The van der Waals surface area contributed by atoms with Crippen molar-refractivity contribution >= 4 is 0 Å². The standard InChI is InChI=1S/C30H29FN6O2/c1-20(37-18-25(14-27(31)30(37)38)28-12-22(15-32)6-9-33-28)23-4-3-5-24(13-23)29-34-16-26(17-35-29)39-19-21-7-10-36(2)11-8-21/h3-6,9,12-14,16-18,20-21H,7-8,10-11,19H2,1-2H3/t20-/m1/s1.